The third-order valence-corrected chi connectivity index (χ3v) is 3.57. The Kier molecular flexibility index (Phi) is 5.80. The molecule has 1 N–H and O–H groups in total. The highest BCUT2D eigenvalue weighted by Crippen LogP contribution is 2.14. The molecule has 0 radical (unpaired) electrons. The molecule has 2 amide bonds. The highest BCUT2D eigenvalue weighted by Gasteiger charge is 2.17. The van der Waals surface area contributed by atoms with E-state index >= 15 is 0 Å². The van der Waals surface area contributed by atoms with E-state index in [9.17, 15) is 4.79 Å². The molecule has 0 atom stereocenters. The molecule has 1 aromatic heterocycles. The first kappa shape index (κ1) is 15.6. The molecule has 0 aliphatic carbocycles. The number of likely N-dealkylation sites (N-methyl/N-ethyl adjacent to an activating group) is 1. The summed E-state index contributed by atoms with van der Waals surface area (Å²) in [6, 6.07) is 3.76. The summed E-state index contributed by atoms with van der Waals surface area (Å²) in [5.74, 6) is 0.593. The molecule has 6 nitrogen and oxygen atoms in total. The number of nitrogens with zero attached hydrogens (tertiary/aromatic N) is 3. The molecule has 0 saturated carbocycles. The molecule has 116 valence electrons. The summed E-state index contributed by atoms with van der Waals surface area (Å²) in [6.07, 6.45) is 2.71. The number of carbonyl (C=O) groups is 1. The largest absolute Gasteiger partial charge is 0.478 e. The Balaban J connectivity index is 1.89. The number of amides is 2. The highest BCUT2D eigenvalue weighted by molar-refractivity contribution is 5.74. The van der Waals surface area contributed by atoms with Gasteiger partial charge < -0.3 is 19.9 Å². The summed E-state index contributed by atoms with van der Waals surface area (Å²) in [6.45, 7) is 6.47. The predicted molar refractivity (Wildman–Crippen MR) is 81.3 cm³/mol. The average Bonchev–Trinajstić information content (AvgIpc) is 2.71. The standard InChI is InChI=1S/C15H24N4O2/c1-3-21-14-13(6-4-7-16-14)12-17-15(20)19-9-5-8-18(2)10-11-19/h4,6-7H,3,5,8-12H2,1-2H3,(H,17,20). The lowest BCUT2D eigenvalue weighted by Crippen LogP contribution is -2.41. The van der Waals surface area contributed by atoms with Gasteiger partial charge in [-0.05, 0) is 33.0 Å². The lowest BCUT2D eigenvalue weighted by Gasteiger charge is -2.21. The second kappa shape index (κ2) is 7.83. The van der Waals surface area contributed by atoms with Gasteiger partial charge in [-0.3, -0.25) is 0 Å². The Morgan fingerprint density at radius 3 is 3.05 bits per heavy atom. The second-order valence-corrected chi connectivity index (χ2v) is 5.20. The number of aromatic nitrogens is 1. The van der Waals surface area contributed by atoms with E-state index in [2.05, 4.69) is 22.2 Å². The van der Waals surface area contributed by atoms with Crippen LogP contribution in [0.4, 0.5) is 4.79 Å². The first-order valence-corrected chi connectivity index (χ1v) is 7.48. The molecule has 2 heterocycles. The van der Waals surface area contributed by atoms with E-state index in [-0.39, 0.29) is 6.03 Å². The van der Waals surface area contributed by atoms with E-state index in [0.29, 0.717) is 19.0 Å². The van der Waals surface area contributed by atoms with Crippen molar-refractivity contribution in [3.8, 4) is 5.88 Å². The maximum Gasteiger partial charge on any atom is 0.317 e. The maximum atomic E-state index is 12.2. The molecule has 0 bridgehead atoms. The van der Waals surface area contributed by atoms with Gasteiger partial charge in [-0.1, -0.05) is 6.07 Å². The van der Waals surface area contributed by atoms with Gasteiger partial charge >= 0.3 is 6.03 Å². The molecule has 1 aromatic rings. The van der Waals surface area contributed by atoms with Crippen LogP contribution in [0.2, 0.25) is 0 Å². The van der Waals surface area contributed by atoms with E-state index in [0.717, 1.165) is 38.2 Å². The molecular weight excluding hydrogens is 268 g/mol. The summed E-state index contributed by atoms with van der Waals surface area (Å²) in [5, 5.41) is 2.96. The Morgan fingerprint density at radius 2 is 2.24 bits per heavy atom. The van der Waals surface area contributed by atoms with E-state index in [1.54, 1.807) is 6.20 Å². The minimum atomic E-state index is -0.0170. The van der Waals surface area contributed by atoms with E-state index in [1.807, 2.05) is 24.0 Å². The molecule has 0 unspecified atom stereocenters. The molecule has 1 fully saturated rings. The Labute approximate surface area is 126 Å². The quantitative estimate of drug-likeness (QED) is 0.909. The van der Waals surface area contributed by atoms with Crippen LogP contribution in [0.25, 0.3) is 0 Å². The van der Waals surface area contributed by atoms with Gasteiger partial charge in [0.25, 0.3) is 0 Å². The smallest absolute Gasteiger partial charge is 0.317 e. The minimum absolute atomic E-state index is 0.0170. The molecule has 2 rings (SSSR count). The van der Waals surface area contributed by atoms with Crippen LogP contribution < -0.4 is 10.1 Å². The van der Waals surface area contributed by atoms with Crippen LogP contribution in [-0.2, 0) is 6.54 Å². The van der Waals surface area contributed by atoms with Crippen molar-refractivity contribution in [1.82, 2.24) is 20.1 Å². The van der Waals surface area contributed by atoms with Gasteiger partial charge in [0.05, 0.1) is 6.61 Å². The third-order valence-electron chi connectivity index (χ3n) is 3.57. The van der Waals surface area contributed by atoms with Crippen LogP contribution in [0.5, 0.6) is 5.88 Å². The van der Waals surface area contributed by atoms with Crippen molar-refractivity contribution in [2.24, 2.45) is 0 Å². The van der Waals surface area contributed by atoms with Gasteiger partial charge in [-0.2, -0.15) is 0 Å². The van der Waals surface area contributed by atoms with Crippen molar-refractivity contribution in [1.29, 1.82) is 0 Å². The van der Waals surface area contributed by atoms with Crippen LogP contribution in [0, 0.1) is 0 Å². The summed E-state index contributed by atoms with van der Waals surface area (Å²) >= 11 is 0. The lowest BCUT2D eigenvalue weighted by molar-refractivity contribution is 0.199. The van der Waals surface area contributed by atoms with E-state index < -0.39 is 0 Å². The van der Waals surface area contributed by atoms with Crippen molar-refractivity contribution >= 4 is 6.03 Å². The predicted octanol–water partition coefficient (Wildman–Crippen LogP) is 1.33. The van der Waals surface area contributed by atoms with Gasteiger partial charge in [-0.15, -0.1) is 0 Å². The van der Waals surface area contributed by atoms with E-state index in [1.165, 1.54) is 0 Å². The number of nitrogens with one attached hydrogen (secondary N) is 1. The number of urea groups is 1. The fourth-order valence-corrected chi connectivity index (χ4v) is 2.36. The van der Waals surface area contributed by atoms with Crippen molar-refractivity contribution in [2.75, 3.05) is 39.8 Å². The molecule has 1 aliphatic heterocycles. The fraction of sp³-hybridized carbons (Fsp3) is 0.600. The zero-order chi connectivity index (χ0) is 15.1. The zero-order valence-electron chi connectivity index (χ0n) is 12.8. The molecule has 0 spiro atoms. The number of hydrogen-bond acceptors (Lipinski definition) is 4. The van der Waals surface area contributed by atoms with E-state index in [4.69, 9.17) is 4.74 Å². The average molecular weight is 292 g/mol. The van der Waals surface area contributed by atoms with Gasteiger partial charge in [0.15, 0.2) is 0 Å². The van der Waals surface area contributed by atoms with Crippen LogP contribution in [-0.4, -0.2) is 60.6 Å². The van der Waals surface area contributed by atoms with Crippen LogP contribution in [0.15, 0.2) is 18.3 Å². The molecule has 21 heavy (non-hydrogen) atoms. The number of rotatable bonds is 4. The van der Waals surface area contributed by atoms with Crippen molar-refractivity contribution in [3.05, 3.63) is 23.9 Å². The van der Waals surface area contributed by atoms with Gasteiger partial charge in [0, 0.05) is 37.9 Å². The molecule has 0 aromatic carbocycles. The van der Waals surface area contributed by atoms with Crippen molar-refractivity contribution < 1.29 is 9.53 Å². The molecule has 1 aliphatic rings. The van der Waals surface area contributed by atoms with Crippen LogP contribution in [0.3, 0.4) is 0 Å². The number of ether oxygens (including phenoxy) is 1. The lowest BCUT2D eigenvalue weighted by atomic mass is 10.2. The number of pyridine rings is 1. The number of carbonyl (C=O) groups excluding carboxylic acids is 1. The SMILES string of the molecule is CCOc1ncccc1CNC(=O)N1CCCN(C)CC1. The highest BCUT2D eigenvalue weighted by atomic mass is 16.5. The maximum absolute atomic E-state index is 12.2. The first-order chi connectivity index (χ1) is 10.2. The third kappa shape index (κ3) is 4.60. The zero-order valence-corrected chi connectivity index (χ0v) is 12.8. The molecule has 6 heteroatoms. The summed E-state index contributed by atoms with van der Waals surface area (Å²) in [4.78, 5) is 20.6. The Bertz CT molecular complexity index is 467. The number of hydrogen-bond donors (Lipinski definition) is 1. The summed E-state index contributed by atoms with van der Waals surface area (Å²) in [7, 11) is 2.09. The monoisotopic (exact) mass is 292 g/mol. The molecule has 1 saturated heterocycles. The van der Waals surface area contributed by atoms with Crippen molar-refractivity contribution in [3.63, 3.8) is 0 Å². The molecular formula is C15H24N4O2. The fourth-order valence-electron chi connectivity index (χ4n) is 2.36. The van der Waals surface area contributed by atoms with Crippen LogP contribution in [0.1, 0.15) is 18.9 Å². The second-order valence-electron chi connectivity index (χ2n) is 5.20. The summed E-state index contributed by atoms with van der Waals surface area (Å²) in [5.41, 5.74) is 0.902. The Morgan fingerprint density at radius 1 is 1.38 bits per heavy atom. The minimum Gasteiger partial charge on any atom is -0.478 e. The first-order valence-electron chi connectivity index (χ1n) is 7.48. The van der Waals surface area contributed by atoms with Gasteiger partial charge in [-0.25, -0.2) is 9.78 Å². The summed E-state index contributed by atoms with van der Waals surface area (Å²) < 4.78 is 5.47. The van der Waals surface area contributed by atoms with Crippen LogP contribution >= 0.6 is 0 Å². The van der Waals surface area contributed by atoms with Crippen molar-refractivity contribution in [2.45, 2.75) is 19.9 Å². The Hall–Kier alpha value is -1.82. The topological polar surface area (TPSA) is 57.7 Å². The normalized spacial score (nSPS) is 16.4. The van der Waals surface area contributed by atoms with Gasteiger partial charge in [0.1, 0.15) is 0 Å². The van der Waals surface area contributed by atoms with Gasteiger partial charge in [0.2, 0.25) is 5.88 Å².